The molecule has 1 aromatic carbocycles. The molecule has 0 bridgehead atoms. The Balaban J connectivity index is 2.21. The Morgan fingerprint density at radius 3 is 2.67 bits per heavy atom. The minimum atomic E-state index is 0.568. The van der Waals surface area contributed by atoms with Crippen LogP contribution in [0.5, 0.6) is 0 Å². The van der Waals surface area contributed by atoms with Gasteiger partial charge in [0.05, 0.1) is 6.33 Å². The van der Waals surface area contributed by atoms with Crippen LogP contribution in [0.15, 0.2) is 30.7 Å². The Labute approximate surface area is 89.6 Å². The Kier molecular flexibility index (Phi) is 2.46. The number of hydrogen-bond donors (Lipinski definition) is 1. The van der Waals surface area contributed by atoms with Crippen molar-refractivity contribution in [1.29, 1.82) is 0 Å². The summed E-state index contributed by atoms with van der Waals surface area (Å²) in [4.78, 5) is 3.99. The van der Waals surface area contributed by atoms with E-state index < -0.39 is 0 Å². The van der Waals surface area contributed by atoms with E-state index in [1.54, 1.807) is 6.33 Å². The van der Waals surface area contributed by atoms with E-state index in [1.807, 2.05) is 10.8 Å². The second-order valence-corrected chi connectivity index (χ2v) is 3.89. The lowest BCUT2D eigenvalue weighted by Crippen LogP contribution is -1.97. The minimum absolute atomic E-state index is 0.568. The molecule has 0 aliphatic carbocycles. The van der Waals surface area contributed by atoms with Gasteiger partial charge in [-0.1, -0.05) is 18.2 Å². The van der Waals surface area contributed by atoms with Crippen molar-refractivity contribution in [2.24, 2.45) is 0 Å². The molecule has 15 heavy (non-hydrogen) atoms. The lowest BCUT2D eigenvalue weighted by Gasteiger charge is -2.05. The normalized spacial score (nSPS) is 10.5. The van der Waals surface area contributed by atoms with Crippen LogP contribution in [0.25, 0.3) is 0 Å². The summed E-state index contributed by atoms with van der Waals surface area (Å²) >= 11 is 0. The van der Waals surface area contributed by atoms with Crippen molar-refractivity contribution < 1.29 is 0 Å². The zero-order chi connectivity index (χ0) is 10.8. The number of aromatic nitrogens is 2. The van der Waals surface area contributed by atoms with Gasteiger partial charge in [0.25, 0.3) is 0 Å². The fourth-order valence-corrected chi connectivity index (χ4v) is 1.58. The molecule has 2 N–H and O–H groups in total. The Hall–Kier alpha value is -1.77. The second-order valence-electron chi connectivity index (χ2n) is 3.89. The van der Waals surface area contributed by atoms with Crippen LogP contribution in [-0.4, -0.2) is 9.55 Å². The molecule has 1 aromatic heterocycles. The number of imidazole rings is 1. The van der Waals surface area contributed by atoms with Crippen LogP contribution in [0.2, 0.25) is 0 Å². The van der Waals surface area contributed by atoms with E-state index >= 15 is 0 Å². The summed E-state index contributed by atoms with van der Waals surface area (Å²) in [7, 11) is 0. The Bertz CT molecular complexity index is 471. The summed E-state index contributed by atoms with van der Waals surface area (Å²) in [6.45, 7) is 5.07. The average molecular weight is 201 g/mol. The van der Waals surface area contributed by atoms with E-state index in [1.165, 1.54) is 16.7 Å². The largest absolute Gasteiger partial charge is 0.382 e. The van der Waals surface area contributed by atoms with E-state index in [0.29, 0.717) is 5.82 Å². The van der Waals surface area contributed by atoms with Crippen LogP contribution in [0, 0.1) is 13.8 Å². The molecule has 2 rings (SSSR count). The van der Waals surface area contributed by atoms with Gasteiger partial charge in [-0.05, 0) is 30.5 Å². The molecule has 0 aliphatic heterocycles. The highest BCUT2D eigenvalue weighted by Gasteiger charge is 1.98. The lowest BCUT2D eigenvalue weighted by molar-refractivity contribution is 0.796. The Morgan fingerprint density at radius 1 is 1.27 bits per heavy atom. The zero-order valence-electron chi connectivity index (χ0n) is 9.07. The highest BCUT2D eigenvalue weighted by Crippen LogP contribution is 2.11. The molecule has 0 saturated carbocycles. The first-order valence-electron chi connectivity index (χ1n) is 4.98. The van der Waals surface area contributed by atoms with Crippen LogP contribution >= 0.6 is 0 Å². The van der Waals surface area contributed by atoms with Gasteiger partial charge < -0.3 is 10.3 Å². The van der Waals surface area contributed by atoms with Crippen molar-refractivity contribution in [3.8, 4) is 0 Å². The molecular formula is C12H15N3. The van der Waals surface area contributed by atoms with Crippen molar-refractivity contribution in [2.75, 3.05) is 5.73 Å². The first-order valence-corrected chi connectivity index (χ1v) is 4.98. The summed E-state index contributed by atoms with van der Waals surface area (Å²) in [6, 6.07) is 6.48. The third-order valence-corrected chi connectivity index (χ3v) is 2.59. The third-order valence-electron chi connectivity index (χ3n) is 2.59. The van der Waals surface area contributed by atoms with Crippen LogP contribution in [-0.2, 0) is 6.54 Å². The number of nitrogens with two attached hydrogens (primary N) is 1. The molecule has 0 amide bonds. The lowest BCUT2D eigenvalue weighted by atomic mass is 10.1. The molecule has 0 spiro atoms. The van der Waals surface area contributed by atoms with Crippen molar-refractivity contribution in [3.63, 3.8) is 0 Å². The van der Waals surface area contributed by atoms with Gasteiger partial charge in [0, 0.05) is 12.7 Å². The van der Waals surface area contributed by atoms with Crippen LogP contribution in [0.4, 0.5) is 5.82 Å². The standard InChI is InChI=1S/C12H15N3/c1-9-3-4-11(5-10(9)2)6-15-7-12(13)14-8-15/h3-5,7-8H,6,13H2,1-2H3. The molecule has 0 aliphatic rings. The summed E-state index contributed by atoms with van der Waals surface area (Å²) in [5.41, 5.74) is 9.47. The van der Waals surface area contributed by atoms with Gasteiger partial charge in [0.2, 0.25) is 0 Å². The second kappa shape index (κ2) is 3.77. The first-order chi connectivity index (χ1) is 7.15. The van der Waals surface area contributed by atoms with Crippen LogP contribution in [0.3, 0.4) is 0 Å². The number of nitrogen functional groups attached to an aromatic ring is 1. The van der Waals surface area contributed by atoms with Gasteiger partial charge >= 0.3 is 0 Å². The van der Waals surface area contributed by atoms with Crippen molar-refractivity contribution in [2.45, 2.75) is 20.4 Å². The number of benzene rings is 1. The van der Waals surface area contributed by atoms with E-state index in [9.17, 15) is 0 Å². The molecule has 78 valence electrons. The van der Waals surface area contributed by atoms with Gasteiger partial charge in [0.15, 0.2) is 0 Å². The zero-order valence-corrected chi connectivity index (χ0v) is 9.07. The molecule has 0 radical (unpaired) electrons. The van der Waals surface area contributed by atoms with Crippen LogP contribution in [0.1, 0.15) is 16.7 Å². The molecular weight excluding hydrogens is 186 g/mol. The third kappa shape index (κ3) is 2.18. The quantitative estimate of drug-likeness (QED) is 0.808. The van der Waals surface area contributed by atoms with E-state index in [-0.39, 0.29) is 0 Å². The van der Waals surface area contributed by atoms with Crippen molar-refractivity contribution in [3.05, 3.63) is 47.4 Å². The van der Waals surface area contributed by atoms with Gasteiger partial charge in [0.1, 0.15) is 5.82 Å². The summed E-state index contributed by atoms with van der Waals surface area (Å²) < 4.78 is 1.99. The topological polar surface area (TPSA) is 43.8 Å². The Morgan fingerprint density at radius 2 is 2.07 bits per heavy atom. The average Bonchev–Trinajstić information content (AvgIpc) is 2.58. The van der Waals surface area contributed by atoms with E-state index in [4.69, 9.17) is 5.73 Å². The van der Waals surface area contributed by atoms with Gasteiger partial charge in [-0.2, -0.15) is 0 Å². The first kappa shape index (κ1) is 9.77. The van der Waals surface area contributed by atoms with E-state index in [0.717, 1.165) is 6.54 Å². The summed E-state index contributed by atoms with van der Waals surface area (Å²) in [6.07, 6.45) is 3.60. The number of hydrogen-bond acceptors (Lipinski definition) is 2. The SMILES string of the molecule is Cc1ccc(Cn2cnc(N)c2)cc1C. The molecule has 0 atom stereocenters. The predicted octanol–water partition coefficient (Wildman–Crippen LogP) is 2.13. The van der Waals surface area contributed by atoms with Gasteiger partial charge in [-0.3, -0.25) is 0 Å². The number of nitrogens with zero attached hydrogens (tertiary/aromatic N) is 2. The summed E-state index contributed by atoms with van der Waals surface area (Å²) in [5.74, 6) is 0.568. The van der Waals surface area contributed by atoms with E-state index in [2.05, 4.69) is 37.0 Å². The minimum Gasteiger partial charge on any atom is -0.382 e. The fourth-order valence-electron chi connectivity index (χ4n) is 1.58. The maximum absolute atomic E-state index is 5.55. The molecule has 0 saturated heterocycles. The highest BCUT2D eigenvalue weighted by atomic mass is 15.1. The number of aryl methyl sites for hydroxylation is 2. The molecule has 3 heteroatoms. The molecule has 3 nitrogen and oxygen atoms in total. The van der Waals surface area contributed by atoms with Gasteiger partial charge in [-0.15, -0.1) is 0 Å². The molecule has 2 aromatic rings. The highest BCUT2D eigenvalue weighted by molar-refractivity contribution is 5.30. The van der Waals surface area contributed by atoms with Gasteiger partial charge in [-0.25, -0.2) is 4.98 Å². The van der Waals surface area contributed by atoms with Crippen molar-refractivity contribution >= 4 is 5.82 Å². The number of anilines is 1. The summed E-state index contributed by atoms with van der Waals surface area (Å²) in [5, 5.41) is 0. The molecule has 0 unspecified atom stereocenters. The molecule has 0 fully saturated rings. The maximum Gasteiger partial charge on any atom is 0.141 e. The van der Waals surface area contributed by atoms with Crippen molar-refractivity contribution in [1.82, 2.24) is 9.55 Å². The predicted molar refractivity (Wildman–Crippen MR) is 61.7 cm³/mol. The monoisotopic (exact) mass is 201 g/mol. The molecule has 1 heterocycles. The fraction of sp³-hybridized carbons (Fsp3) is 0.250. The van der Waals surface area contributed by atoms with Crippen LogP contribution < -0.4 is 5.73 Å². The number of rotatable bonds is 2. The smallest absolute Gasteiger partial charge is 0.141 e. The maximum atomic E-state index is 5.55.